The van der Waals surface area contributed by atoms with Crippen molar-refractivity contribution in [1.82, 2.24) is 4.90 Å². The molecular weight excluding hydrogens is 399 g/mol. The van der Waals surface area contributed by atoms with Gasteiger partial charge in [-0.2, -0.15) is 0 Å². The van der Waals surface area contributed by atoms with Crippen LogP contribution in [0, 0.1) is 9.49 Å². The van der Waals surface area contributed by atoms with E-state index in [9.17, 15) is 8.78 Å². The van der Waals surface area contributed by atoms with E-state index < -0.39 is 6.43 Å². The van der Waals surface area contributed by atoms with Gasteiger partial charge in [-0.25, -0.2) is 8.78 Å². The van der Waals surface area contributed by atoms with E-state index >= 15 is 0 Å². The van der Waals surface area contributed by atoms with Gasteiger partial charge >= 0.3 is 0 Å². The molecule has 1 unspecified atom stereocenters. The number of ether oxygens (including phenoxy) is 1. The maximum Gasteiger partial charge on any atom is 0.251 e. The standard InChI is InChI=1S/C14H18F2INO.ClH/c15-14(16)9-18-7-1-2-11(8-18)10-19-13-5-3-12(17)4-6-13;/h3-6,11,14H,1-2,7-10H2;1H. The number of rotatable bonds is 5. The lowest BCUT2D eigenvalue weighted by atomic mass is 9.99. The number of nitrogens with zero attached hydrogens (tertiary/aromatic N) is 1. The highest BCUT2D eigenvalue weighted by Crippen LogP contribution is 2.20. The molecule has 2 rings (SSSR count). The van der Waals surface area contributed by atoms with E-state index in [0.29, 0.717) is 19.1 Å². The average molecular weight is 418 g/mol. The predicted octanol–water partition coefficient (Wildman–Crippen LogP) is 4.07. The molecule has 0 spiro atoms. The first-order valence-corrected chi connectivity index (χ1v) is 7.60. The predicted molar refractivity (Wildman–Crippen MR) is 87.1 cm³/mol. The van der Waals surface area contributed by atoms with E-state index in [1.54, 1.807) is 0 Å². The zero-order chi connectivity index (χ0) is 13.7. The topological polar surface area (TPSA) is 12.5 Å². The van der Waals surface area contributed by atoms with Crippen molar-refractivity contribution in [3.63, 3.8) is 0 Å². The molecule has 0 N–H and O–H groups in total. The van der Waals surface area contributed by atoms with Crippen LogP contribution in [0.15, 0.2) is 24.3 Å². The fourth-order valence-corrected chi connectivity index (χ4v) is 2.75. The summed E-state index contributed by atoms with van der Waals surface area (Å²) in [6, 6.07) is 7.89. The molecule has 1 aromatic rings. The first kappa shape index (κ1) is 17.9. The molecule has 0 saturated carbocycles. The van der Waals surface area contributed by atoms with Crippen molar-refractivity contribution in [3.8, 4) is 5.75 Å². The minimum Gasteiger partial charge on any atom is -0.493 e. The number of halogens is 4. The van der Waals surface area contributed by atoms with E-state index in [4.69, 9.17) is 4.74 Å². The van der Waals surface area contributed by atoms with E-state index in [2.05, 4.69) is 22.6 Å². The van der Waals surface area contributed by atoms with Crippen LogP contribution >= 0.6 is 35.0 Å². The fourth-order valence-electron chi connectivity index (χ4n) is 2.39. The van der Waals surface area contributed by atoms with E-state index in [1.807, 2.05) is 29.2 Å². The number of alkyl halides is 2. The Morgan fingerprint density at radius 1 is 1.30 bits per heavy atom. The molecule has 0 aromatic heterocycles. The van der Waals surface area contributed by atoms with Gasteiger partial charge in [-0.1, -0.05) is 0 Å². The maximum absolute atomic E-state index is 12.4. The van der Waals surface area contributed by atoms with E-state index in [0.717, 1.165) is 25.1 Å². The summed E-state index contributed by atoms with van der Waals surface area (Å²) < 4.78 is 31.6. The lowest BCUT2D eigenvalue weighted by molar-refractivity contribution is 0.0552. The highest BCUT2D eigenvalue weighted by molar-refractivity contribution is 14.1. The van der Waals surface area contributed by atoms with Gasteiger partial charge in [0.25, 0.3) is 6.43 Å². The lowest BCUT2D eigenvalue weighted by Gasteiger charge is -2.32. The molecule has 1 aromatic carbocycles. The Bertz CT molecular complexity index is 391. The highest BCUT2D eigenvalue weighted by Gasteiger charge is 2.22. The van der Waals surface area contributed by atoms with Crippen molar-refractivity contribution < 1.29 is 13.5 Å². The van der Waals surface area contributed by atoms with Gasteiger partial charge in [0, 0.05) is 16.0 Å². The summed E-state index contributed by atoms with van der Waals surface area (Å²) in [7, 11) is 0. The minimum atomic E-state index is -2.24. The molecule has 0 bridgehead atoms. The van der Waals surface area contributed by atoms with Crippen LogP contribution in [0.4, 0.5) is 8.78 Å². The number of hydrogen-bond acceptors (Lipinski definition) is 2. The van der Waals surface area contributed by atoms with Crippen LogP contribution < -0.4 is 4.74 Å². The molecule has 2 nitrogen and oxygen atoms in total. The Morgan fingerprint density at radius 3 is 2.65 bits per heavy atom. The highest BCUT2D eigenvalue weighted by atomic mass is 127. The molecule has 1 fully saturated rings. The Labute approximate surface area is 138 Å². The SMILES string of the molecule is Cl.FC(F)CN1CCCC(COc2ccc(I)cc2)C1. The molecule has 1 atom stereocenters. The number of hydrogen-bond donors (Lipinski definition) is 0. The van der Waals surface area contributed by atoms with Crippen LogP contribution in [0.3, 0.4) is 0 Å². The quantitative estimate of drug-likeness (QED) is 0.670. The van der Waals surface area contributed by atoms with Crippen LogP contribution in [-0.2, 0) is 0 Å². The van der Waals surface area contributed by atoms with Crippen molar-refractivity contribution in [3.05, 3.63) is 27.8 Å². The molecule has 1 aliphatic rings. The van der Waals surface area contributed by atoms with Gasteiger partial charge in [-0.05, 0) is 66.2 Å². The second-order valence-electron chi connectivity index (χ2n) is 4.92. The molecular formula is C14H19ClF2INO. The summed E-state index contributed by atoms with van der Waals surface area (Å²) >= 11 is 2.25. The monoisotopic (exact) mass is 417 g/mol. The largest absolute Gasteiger partial charge is 0.493 e. The van der Waals surface area contributed by atoms with Gasteiger partial charge in [0.1, 0.15) is 5.75 Å². The third-order valence-electron chi connectivity index (χ3n) is 3.30. The summed E-state index contributed by atoms with van der Waals surface area (Å²) in [5, 5.41) is 0. The summed E-state index contributed by atoms with van der Waals surface area (Å²) in [6.07, 6.45) is -0.201. The molecule has 1 aliphatic heterocycles. The summed E-state index contributed by atoms with van der Waals surface area (Å²) in [5.41, 5.74) is 0. The second-order valence-corrected chi connectivity index (χ2v) is 6.17. The Morgan fingerprint density at radius 2 is 2.00 bits per heavy atom. The minimum absolute atomic E-state index is 0. The molecule has 20 heavy (non-hydrogen) atoms. The van der Waals surface area contributed by atoms with Gasteiger partial charge in [0.05, 0.1) is 13.2 Å². The van der Waals surface area contributed by atoms with Gasteiger partial charge in [-0.15, -0.1) is 12.4 Å². The van der Waals surface area contributed by atoms with Crippen molar-refractivity contribution in [1.29, 1.82) is 0 Å². The van der Waals surface area contributed by atoms with Crippen LogP contribution in [0.5, 0.6) is 5.75 Å². The third-order valence-corrected chi connectivity index (χ3v) is 4.02. The Hall–Kier alpha value is -0.140. The molecule has 0 radical (unpaired) electrons. The van der Waals surface area contributed by atoms with Crippen LogP contribution in [0.25, 0.3) is 0 Å². The normalized spacial score (nSPS) is 19.7. The summed E-state index contributed by atoms with van der Waals surface area (Å²) in [6.45, 7) is 2.00. The zero-order valence-electron chi connectivity index (χ0n) is 11.1. The fraction of sp³-hybridized carbons (Fsp3) is 0.571. The van der Waals surface area contributed by atoms with Crippen molar-refractivity contribution >= 4 is 35.0 Å². The molecule has 1 saturated heterocycles. The maximum atomic E-state index is 12.4. The number of likely N-dealkylation sites (tertiary alicyclic amines) is 1. The van der Waals surface area contributed by atoms with Gasteiger partial charge in [-0.3, -0.25) is 4.90 Å². The van der Waals surface area contributed by atoms with Crippen LogP contribution in [0.2, 0.25) is 0 Å². The Kier molecular flexibility index (Phi) is 8.06. The van der Waals surface area contributed by atoms with Crippen LogP contribution in [0.1, 0.15) is 12.8 Å². The lowest BCUT2D eigenvalue weighted by Crippen LogP contribution is -2.40. The zero-order valence-corrected chi connectivity index (χ0v) is 14.1. The third kappa shape index (κ3) is 6.10. The van der Waals surface area contributed by atoms with Crippen molar-refractivity contribution in [2.75, 3.05) is 26.2 Å². The van der Waals surface area contributed by atoms with E-state index in [-0.39, 0.29) is 19.0 Å². The first-order valence-electron chi connectivity index (χ1n) is 6.52. The number of benzene rings is 1. The second kappa shape index (κ2) is 9.00. The summed E-state index contributed by atoms with van der Waals surface area (Å²) in [4.78, 5) is 1.84. The van der Waals surface area contributed by atoms with Crippen molar-refractivity contribution in [2.24, 2.45) is 5.92 Å². The molecule has 1 heterocycles. The molecule has 0 amide bonds. The van der Waals surface area contributed by atoms with Gasteiger partial charge < -0.3 is 4.74 Å². The smallest absolute Gasteiger partial charge is 0.251 e. The number of piperidine rings is 1. The average Bonchev–Trinajstić information content (AvgIpc) is 2.38. The Balaban J connectivity index is 0.00000200. The summed E-state index contributed by atoms with van der Waals surface area (Å²) in [5.74, 6) is 1.21. The van der Waals surface area contributed by atoms with Gasteiger partial charge in [0.15, 0.2) is 0 Å². The molecule has 114 valence electrons. The van der Waals surface area contributed by atoms with Crippen molar-refractivity contribution in [2.45, 2.75) is 19.3 Å². The molecule has 0 aliphatic carbocycles. The van der Waals surface area contributed by atoms with Crippen LogP contribution in [-0.4, -0.2) is 37.6 Å². The first-order chi connectivity index (χ1) is 9.13. The van der Waals surface area contributed by atoms with Gasteiger partial charge in [0.2, 0.25) is 0 Å². The van der Waals surface area contributed by atoms with E-state index in [1.165, 1.54) is 3.57 Å². The molecule has 6 heteroatoms.